The maximum Gasteiger partial charge on any atom is 0.229 e. The molecular formula is C53H53B5N17O10S5Y5-10. The van der Waals surface area contributed by atoms with Crippen molar-refractivity contribution >= 4 is 121 Å². The van der Waals surface area contributed by atoms with E-state index in [2.05, 4.69) is 145 Å². The standard InChI is InChI=1S/C7H8NO2S.3C6H7N2O2S.C6H5.C5H6N3O2S.C5H4N.3C4H3N2.5B.5Y/c1-11(9,10)8-7-5-3-2-4-6-7;3*1-11(9,10)8-6-4-2-3-5-7-6;1-2-4-6-5-3-1;1-11(9,10)8-5-3-2-4-6-7-5;1-2-4-6-5-3-1;1-2-6-4-3-5-1;2*1-2-5-4-6-3-1;;;;;;;;;;/h2-5,8H,1H3;3*2-3,5H,1H3,(H,7,8);1-5H;2,4H,1H3,(H,7,8);2-5H;1-3H;2-4H;1-3H;;;;;;;;;;/q10*-1;;;;;;;;;;. The largest absolute Gasteiger partial charge is 0.456 e. The van der Waals surface area contributed by atoms with E-state index in [4.69, 9.17) is 0 Å². The first-order chi connectivity index (χ1) is 40.4. The molecule has 42 heteroatoms. The zero-order valence-corrected chi connectivity index (χ0v) is 69.6. The van der Waals surface area contributed by atoms with Gasteiger partial charge in [-0.3, -0.25) is 48.9 Å². The van der Waals surface area contributed by atoms with Gasteiger partial charge in [-0.1, -0.05) is 49.1 Å². The van der Waals surface area contributed by atoms with E-state index in [0.29, 0.717) is 5.69 Å². The SMILES string of the molecule is CS(=O)(=O)Nc1[c-]cccc1.CS(=O)(=O)Nc1[c-]cccn1.CS(=O)(=O)Nc1[c-]cccn1.CS(=O)(=O)Nc1[c-]cccn1.CS(=O)(=O)Nc1[c-]ccnn1.[B].[B].[B].[B].[B].[Y].[Y].[Y].[Y].[Y].[c-]1ccccc1.[c-]1ccncc1.[c-]1cnccn1.[c-]1cncnc1.[c-]1ncccn1. The van der Waals surface area contributed by atoms with Gasteiger partial charge in [0.25, 0.3) is 0 Å². The van der Waals surface area contributed by atoms with Crippen molar-refractivity contribution in [2.45, 2.75) is 0 Å². The fourth-order valence-corrected chi connectivity index (χ4v) is 6.48. The molecular weight excluding hydrogens is 1690 g/mol. The van der Waals surface area contributed by atoms with Gasteiger partial charge in [0, 0.05) is 229 Å². The number of pyridine rings is 4. The Bertz CT molecular complexity index is 3090. The van der Waals surface area contributed by atoms with E-state index in [9.17, 15) is 42.1 Å². The third-order valence-corrected chi connectivity index (χ3v) is 9.74. The Morgan fingerprint density at radius 1 is 0.326 bits per heavy atom. The maximum absolute atomic E-state index is 10.7. The molecule has 0 saturated carbocycles. The van der Waals surface area contributed by atoms with Gasteiger partial charge >= 0.3 is 0 Å². The molecule has 480 valence electrons. The number of nitrogens with zero attached hydrogens (tertiary/aromatic N) is 12. The first kappa shape index (κ1) is 112. The number of anilines is 5. The van der Waals surface area contributed by atoms with Crippen LogP contribution in [0.25, 0.3) is 0 Å². The van der Waals surface area contributed by atoms with Crippen molar-refractivity contribution in [3.8, 4) is 0 Å². The van der Waals surface area contributed by atoms with Crippen molar-refractivity contribution in [3.05, 3.63) is 263 Å². The summed E-state index contributed by atoms with van der Waals surface area (Å²) < 4.78 is 117. The van der Waals surface area contributed by atoms with Crippen molar-refractivity contribution in [1.82, 2.24) is 60.0 Å². The molecule has 0 atom stereocenters. The normalized spacial score (nSPS) is 8.89. The molecule has 0 bridgehead atoms. The summed E-state index contributed by atoms with van der Waals surface area (Å²) >= 11 is 0. The molecule has 20 radical (unpaired) electrons. The molecule has 0 saturated heterocycles. The van der Waals surface area contributed by atoms with Crippen LogP contribution in [0.4, 0.5) is 29.0 Å². The second-order valence-corrected chi connectivity index (χ2v) is 23.4. The summed E-state index contributed by atoms with van der Waals surface area (Å²) in [6, 6.07) is 54.4. The molecule has 0 spiro atoms. The van der Waals surface area contributed by atoms with Crippen LogP contribution in [0.15, 0.2) is 202 Å². The summed E-state index contributed by atoms with van der Waals surface area (Å²) in [6.07, 6.45) is 32.1. The van der Waals surface area contributed by atoms with Crippen LogP contribution < -0.4 is 23.6 Å². The number of benzene rings is 2. The van der Waals surface area contributed by atoms with E-state index >= 15 is 0 Å². The van der Waals surface area contributed by atoms with Crippen LogP contribution in [0.3, 0.4) is 0 Å². The van der Waals surface area contributed by atoms with Gasteiger partial charge in [-0.25, -0.2) is 90.6 Å². The fraction of sp³-hybridized carbons (Fsp3) is 0.0943. The number of para-hydroxylation sites is 1. The average molecular weight is 1750 g/mol. The maximum atomic E-state index is 10.7. The van der Waals surface area contributed by atoms with E-state index in [0.717, 1.165) is 31.3 Å². The van der Waals surface area contributed by atoms with E-state index < -0.39 is 50.1 Å². The van der Waals surface area contributed by atoms with Crippen molar-refractivity contribution in [2.75, 3.05) is 54.9 Å². The Labute approximate surface area is 695 Å². The molecule has 10 aromatic rings. The summed E-state index contributed by atoms with van der Waals surface area (Å²) in [6.45, 7) is 0. The molecule has 8 aromatic heterocycles. The first-order valence-corrected chi connectivity index (χ1v) is 32.4. The van der Waals surface area contributed by atoms with Crippen LogP contribution >= 0.6 is 0 Å². The quantitative estimate of drug-likeness (QED) is 0.0970. The van der Waals surface area contributed by atoms with Crippen molar-refractivity contribution < 1.29 is 206 Å². The minimum absolute atomic E-state index is 0. The molecule has 0 amide bonds. The first-order valence-electron chi connectivity index (χ1n) is 23.0. The third kappa shape index (κ3) is 84.1. The fourth-order valence-electron chi connectivity index (χ4n) is 4.11. The molecule has 27 nitrogen and oxygen atoms in total. The minimum atomic E-state index is -3.26. The molecule has 0 aliphatic carbocycles. The van der Waals surface area contributed by atoms with E-state index in [1.807, 2.05) is 30.3 Å². The summed E-state index contributed by atoms with van der Waals surface area (Å²) in [7, 11) is -16.1. The van der Waals surface area contributed by atoms with E-state index in [1.54, 1.807) is 128 Å². The number of sulfonamides is 5. The predicted molar refractivity (Wildman–Crippen MR) is 347 cm³/mol. The second kappa shape index (κ2) is 69.8. The van der Waals surface area contributed by atoms with Gasteiger partial charge in [-0.15, -0.1) is 43.1 Å². The molecule has 5 N–H and O–H groups in total. The Morgan fingerprint density at radius 3 is 0.947 bits per heavy atom. The van der Waals surface area contributed by atoms with Gasteiger partial charge in [-0.05, 0) is 12.4 Å². The Morgan fingerprint density at radius 2 is 0.737 bits per heavy atom. The van der Waals surface area contributed by atoms with Gasteiger partial charge < -0.3 is 35.7 Å². The molecule has 0 fully saturated rings. The topological polar surface area (TPSA) is 386 Å². The summed E-state index contributed by atoms with van der Waals surface area (Å²) in [4.78, 5) is 36.5. The smallest absolute Gasteiger partial charge is 0.229 e. The summed E-state index contributed by atoms with van der Waals surface area (Å²) in [5, 5.41) is 6.93. The Hall–Kier alpha value is -4.05. The zero-order valence-electron chi connectivity index (χ0n) is 51.3. The predicted octanol–water partition coefficient (Wildman–Crippen LogP) is 2.55. The van der Waals surface area contributed by atoms with Gasteiger partial charge in [0.2, 0.25) is 50.1 Å². The van der Waals surface area contributed by atoms with E-state index in [-0.39, 0.29) is 229 Å². The molecule has 2 aromatic carbocycles. The molecule has 95 heavy (non-hydrogen) atoms. The van der Waals surface area contributed by atoms with Gasteiger partial charge in [0.05, 0.1) is 37.1 Å². The number of nitrogens with one attached hydrogen (secondary N) is 5. The van der Waals surface area contributed by atoms with Gasteiger partial charge in [0.15, 0.2) is 0 Å². The zero-order chi connectivity index (χ0) is 62.8. The van der Waals surface area contributed by atoms with E-state index in [1.165, 1.54) is 43.4 Å². The number of hydrogen-bond acceptors (Lipinski definition) is 22. The summed E-state index contributed by atoms with van der Waals surface area (Å²) in [5.41, 5.74) is 0.468. The van der Waals surface area contributed by atoms with Crippen molar-refractivity contribution in [3.63, 3.8) is 0 Å². The Kier molecular flexibility index (Phi) is 82.6. The molecule has 0 aliphatic rings. The van der Waals surface area contributed by atoms with Gasteiger partial charge in [0.1, 0.15) is 6.33 Å². The monoisotopic (exact) mass is 1750 g/mol. The molecule has 10 rings (SSSR count). The second-order valence-electron chi connectivity index (χ2n) is 14.6. The van der Waals surface area contributed by atoms with Crippen molar-refractivity contribution in [2.24, 2.45) is 0 Å². The number of hydrogen-bond donors (Lipinski definition) is 5. The van der Waals surface area contributed by atoms with Crippen LogP contribution in [-0.4, -0.2) is 175 Å². The van der Waals surface area contributed by atoms with Crippen LogP contribution in [0.5, 0.6) is 0 Å². The third-order valence-electron chi connectivity index (χ3n) is 6.89. The van der Waals surface area contributed by atoms with Crippen molar-refractivity contribution in [1.29, 1.82) is 0 Å². The Balaban J connectivity index is -0.000000105. The summed E-state index contributed by atoms with van der Waals surface area (Å²) in [5.74, 6) is 0.759. The van der Waals surface area contributed by atoms with Crippen LogP contribution in [0, 0.1) is 61.1 Å². The van der Waals surface area contributed by atoms with Crippen LogP contribution in [0.1, 0.15) is 0 Å². The number of rotatable bonds is 10. The minimum Gasteiger partial charge on any atom is -0.456 e. The molecule has 8 heterocycles. The van der Waals surface area contributed by atoms with Crippen LogP contribution in [-0.2, 0) is 214 Å². The molecule has 0 aliphatic heterocycles. The van der Waals surface area contributed by atoms with Crippen LogP contribution in [0.2, 0.25) is 0 Å². The van der Waals surface area contributed by atoms with Gasteiger partial charge in [-0.2, -0.15) is 102 Å². The average Bonchev–Trinajstić information content (AvgIpc) is 1.30. The number of aromatic nitrogens is 12. The molecule has 0 unspecified atom stereocenters.